The number of hydrogen-bond acceptors (Lipinski definition) is 4. The molecule has 0 bridgehead atoms. The first kappa shape index (κ1) is 21.1. The number of nitrogens with zero attached hydrogens (tertiary/aromatic N) is 1. The topological polar surface area (TPSA) is 83.5 Å². The number of sulfonamides is 2. The highest BCUT2D eigenvalue weighted by molar-refractivity contribution is 7.92. The average molecular weight is 443 g/mol. The molecule has 0 aromatic heterocycles. The molecule has 1 fully saturated rings. The van der Waals surface area contributed by atoms with Gasteiger partial charge in [0, 0.05) is 13.1 Å². The van der Waals surface area contributed by atoms with E-state index in [1.54, 1.807) is 0 Å². The predicted octanol–water partition coefficient (Wildman–Crippen LogP) is 3.50. The molecular weight excluding hydrogens is 420 g/mol. The van der Waals surface area contributed by atoms with Crippen LogP contribution in [0.5, 0.6) is 0 Å². The third kappa shape index (κ3) is 5.26. The van der Waals surface area contributed by atoms with E-state index in [2.05, 4.69) is 4.72 Å². The van der Waals surface area contributed by atoms with Crippen molar-refractivity contribution >= 4 is 37.3 Å². The van der Waals surface area contributed by atoms with Crippen LogP contribution < -0.4 is 4.72 Å². The highest BCUT2D eigenvalue weighted by atomic mass is 35.5. The molecule has 6 nitrogen and oxygen atoms in total. The lowest BCUT2D eigenvalue weighted by molar-refractivity contribution is 0.346. The van der Waals surface area contributed by atoms with Crippen molar-refractivity contribution in [2.45, 2.75) is 30.6 Å². The van der Waals surface area contributed by atoms with Crippen molar-refractivity contribution < 1.29 is 16.8 Å². The monoisotopic (exact) mass is 442 g/mol. The first-order valence-corrected chi connectivity index (χ1v) is 12.6. The van der Waals surface area contributed by atoms with Crippen molar-refractivity contribution in [1.29, 1.82) is 0 Å². The number of nitrogens with one attached hydrogen (secondary N) is 1. The van der Waals surface area contributed by atoms with Crippen LogP contribution in [0, 0.1) is 0 Å². The van der Waals surface area contributed by atoms with Gasteiger partial charge in [-0.05, 0) is 43.0 Å². The molecular formula is C19H23ClN2O4S2. The Hall–Kier alpha value is -1.61. The zero-order chi connectivity index (χ0) is 20.2. The smallest absolute Gasteiger partial charge is 0.243 e. The second-order valence-corrected chi connectivity index (χ2v) is 10.9. The van der Waals surface area contributed by atoms with Gasteiger partial charge in [0.05, 0.1) is 21.4 Å². The Bertz CT molecular complexity index is 1020. The fourth-order valence-corrected chi connectivity index (χ4v) is 5.99. The van der Waals surface area contributed by atoms with Gasteiger partial charge in [0.2, 0.25) is 20.0 Å². The van der Waals surface area contributed by atoms with Crippen molar-refractivity contribution in [3.8, 4) is 0 Å². The van der Waals surface area contributed by atoms with Crippen LogP contribution in [0.25, 0.3) is 0 Å². The van der Waals surface area contributed by atoms with Gasteiger partial charge in [-0.3, -0.25) is 4.72 Å². The Labute approximate surface area is 171 Å². The van der Waals surface area contributed by atoms with Crippen molar-refractivity contribution in [1.82, 2.24) is 4.31 Å². The van der Waals surface area contributed by atoms with Crippen LogP contribution in [0.1, 0.15) is 24.8 Å². The van der Waals surface area contributed by atoms with Gasteiger partial charge in [0.15, 0.2) is 0 Å². The Kier molecular flexibility index (Phi) is 6.65. The molecule has 0 aliphatic carbocycles. The Morgan fingerprint density at radius 2 is 1.61 bits per heavy atom. The van der Waals surface area contributed by atoms with E-state index in [-0.39, 0.29) is 21.4 Å². The fraction of sp³-hybridized carbons (Fsp3) is 0.368. The highest BCUT2D eigenvalue weighted by Crippen LogP contribution is 2.29. The summed E-state index contributed by atoms with van der Waals surface area (Å²) in [5, 5.41) is 0.154. The molecule has 1 aliphatic heterocycles. The third-order valence-electron chi connectivity index (χ3n) is 4.66. The zero-order valence-corrected chi connectivity index (χ0v) is 17.7. The number of rotatable bonds is 7. The number of piperidine rings is 1. The summed E-state index contributed by atoms with van der Waals surface area (Å²) in [6, 6.07) is 13.4. The summed E-state index contributed by atoms with van der Waals surface area (Å²) in [6.07, 6.45) is 3.01. The molecule has 1 heterocycles. The summed E-state index contributed by atoms with van der Waals surface area (Å²) in [5.41, 5.74) is 0.980. The molecule has 0 spiro atoms. The van der Waals surface area contributed by atoms with Gasteiger partial charge in [-0.1, -0.05) is 48.4 Å². The van der Waals surface area contributed by atoms with Crippen molar-refractivity contribution in [2.24, 2.45) is 0 Å². The molecule has 0 saturated carbocycles. The van der Waals surface area contributed by atoms with Crippen LogP contribution >= 0.6 is 11.6 Å². The number of aryl methyl sites for hydroxylation is 1. The lowest BCUT2D eigenvalue weighted by Crippen LogP contribution is -2.35. The van der Waals surface area contributed by atoms with E-state index in [0.717, 1.165) is 24.8 Å². The highest BCUT2D eigenvalue weighted by Gasteiger charge is 2.27. The van der Waals surface area contributed by atoms with E-state index in [9.17, 15) is 16.8 Å². The average Bonchev–Trinajstić information content (AvgIpc) is 2.69. The van der Waals surface area contributed by atoms with E-state index < -0.39 is 20.0 Å². The first-order valence-electron chi connectivity index (χ1n) is 9.12. The zero-order valence-electron chi connectivity index (χ0n) is 15.3. The van der Waals surface area contributed by atoms with Crippen molar-refractivity contribution in [2.75, 3.05) is 23.6 Å². The number of anilines is 1. The van der Waals surface area contributed by atoms with Crippen LogP contribution in [0.2, 0.25) is 5.02 Å². The second-order valence-electron chi connectivity index (χ2n) is 6.76. The maximum absolute atomic E-state index is 12.8. The third-order valence-corrected chi connectivity index (χ3v) is 8.16. The maximum atomic E-state index is 12.8. The molecule has 3 rings (SSSR count). The predicted molar refractivity (Wildman–Crippen MR) is 112 cm³/mol. The van der Waals surface area contributed by atoms with Crippen LogP contribution in [-0.4, -0.2) is 40.0 Å². The number of hydrogen-bond donors (Lipinski definition) is 1. The summed E-state index contributed by atoms with van der Waals surface area (Å²) < 4.78 is 54.4. The Morgan fingerprint density at radius 1 is 0.929 bits per heavy atom. The molecule has 0 unspecified atom stereocenters. The van der Waals surface area contributed by atoms with E-state index in [1.165, 1.54) is 22.5 Å². The molecule has 0 radical (unpaired) electrons. The second kappa shape index (κ2) is 8.82. The minimum atomic E-state index is -3.69. The van der Waals surface area contributed by atoms with Gasteiger partial charge in [0.1, 0.15) is 0 Å². The summed E-state index contributed by atoms with van der Waals surface area (Å²) in [4.78, 5) is 0.0413. The fourth-order valence-electron chi connectivity index (χ4n) is 3.11. The van der Waals surface area contributed by atoms with Gasteiger partial charge in [-0.2, -0.15) is 4.31 Å². The van der Waals surface area contributed by atoms with Gasteiger partial charge in [-0.25, -0.2) is 16.8 Å². The molecule has 1 saturated heterocycles. The first-order chi connectivity index (χ1) is 13.3. The number of halogens is 1. The summed E-state index contributed by atoms with van der Waals surface area (Å²) in [7, 11) is -7.36. The largest absolute Gasteiger partial charge is 0.282 e. The molecule has 28 heavy (non-hydrogen) atoms. The summed E-state index contributed by atoms with van der Waals surface area (Å²) in [6.45, 7) is 0.951. The number of benzene rings is 2. The summed E-state index contributed by atoms with van der Waals surface area (Å²) >= 11 is 6.12. The molecule has 9 heteroatoms. The van der Waals surface area contributed by atoms with Gasteiger partial charge < -0.3 is 0 Å². The minimum absolute atomic E-state index is 0.0413. The van der Waals surface area contributed by atoms with Gasteiger partial charge in [-0.15, -0.1) is 0 Å². The molecule has 2 aromatic rings. The summed E-state index contributed by atoms with van der Waals surface area (Å²) in [5.74, 6) is -0.129. The molecule has 152 valence electrons. The van der Waals surface area contributed by atoms with Gasteiger partial charge in [0.25, 0.3) is 0 Å². The van der Waals surface area contributed by atoms with Crippen LogP contribution in [-0.2, 0) is 26.5 Å². The van der Waals surface area contributed by atoms with E-state index in [4.69, 9.17) is 11.6 Å². The lowest BCUT2D eigenvalue weighted by atomic mass is 10.2. The van der Waals surface area contributed by atoms with Crippen LogP contribution in [0.15, 0.2) is 53.4 Å². The molecule has 1 N–H and O–H groups in total. The SMILES string of the molecule is O=S(=O)(CCc1ccccc1)Nc1cc(S(=O)(=O)N2CCCCC2)ccc1Cl. The Balaban J connectivity index is 1.77. The van der Waals surface area contributed by atoms with Gasteiger partial charge >= 0.3 is 0 Å². The van der Waals surface area contributed by atoms with Crippen molar-refractivity contribution in [3.05, 3.63) is 59.1 Å². The van der Waals surface area contributed by atoms with E-state index >= 15 is 0 Å². The lowest BCUT2D eigenvalue weighted by Gasteiger charge is -2.26. The van der Waals surface area contributed by atoms with Crippen LogP contribution in [0.4, 0.5) is 5.69 Å². The standard InChI is InChI=1S/C19H23ClN2O4S2/c20-18-10-9-17(28(25,26)22-12-5-2-6-13-22)15-19(18)21-27(23,24)14-11-16-7-3-1-4-8-16/h1,3-4,7-10,15,21H,2,5-6,11-14H2. The quantitative estimate of drug-likeness (QED) is 0.711. The molecule has 2 aromatic carbocycles. The normalized spacial score (nSPS) is 16.0. The van der Waals surface area contributed by atoms with Crippen molar-refractivity contribution in [3.63, 3.8) is 0 Å². The van der Waals surface area contributed by atoms with E-state index in [0.29, 0.717) is 19.5 Å². The minimum Gasteiger partial charge on any atom is -0.282 e. The van der Waals surface area contributed by atoms with Crippen LogP contribution in [0.3, 0.4) is 0 Å². The molecule has 0 amide bonds. The van der Waals surface area contributed by atoms with E-state index in [1.807, 2.05) is 30.3 Å². The maximum Gasteiger partial charge on any atom is 0.243 e. The Morgan fingerprint density at radius 3 is 2.29 bits per heavy atom. The molecule has 0 atom stereocenters. The molecule has 1 aliphatic rings.